The zero-order valence-corrected chi connectivity index (χ0v) is 10.9. The number of benzene rings is 2. The Morgan fingerprint density at radius 1 is 1.16 bits per heavy atom. The van der Waals surface area contributed by atoms with Crippen LogP contribution in [0.2, 0.25) is 0 Å². The van der Waals surface area contributed by atoms with E-state index < -0.39 is 0 Å². The minimum Gasteiger partial charge on any atom is -0.459 e. The first kappa shape index (κ1) is 12.2. The minimum absolute atomic E-state index is 0.0957. The summed E-state index contributed by atoms with van der Waals surface area (Å²) in [5.41, 5.74) is 0.909. The van der Waals surface area contributed by atoms with E-state index in [9.17, 15) is 0 Å². The molecule has 0 radical (unpaired) electrons. The van der Waals surface area contributed by atoms with Crippen molar-refractivity contribution in [3.63, 3.8) is 0 Å². The van der Waals surface area contributed by atoms with E-state index in [0.29, 0.717) is 6.54 Å². The molecule has 3 nitrogen and oxygen atoms in total. The number of furan rings is 1. The molecule has 0 aliphatic heterocycles. The van der Waals surface area contributed by atoms with Crippen LogP contribution in [-0.4, -0.2) is 18.3 Å². The van der Waals surface area contributed by atoms with Crippen LogP contribution in [0.25, 0.3) is 21.7 Å². The molecule has 0 aliphatic rings. The summed E-state index contributed by atoms with van der Waals surface area (Å²) < 4.78 is 5.89. The largest absolute Gasteiger partial charge is 0.459 e. The fraction of sp³-hybridized carbons (Fsp3) is 0.250. The van der Waals surface area contributed by atoms with Gasteiger partial charge in [0.1, 0.15) is 11.3 Å². The van der Waals surface area contributed by atoms with E-state index in [1.54, 1.807) is 0 Å². The van der Waals surface area contributed by atoms with Gasteiger partial charge in [-0.05, 0) is 29.8 Å². The van der Waals surface area contributed by atoms with E-state index in [1.807, 2.05) is 25.1 Å². The fourth-order valence-electron chi connectivity index (χ4n) is 2.41. The van der Waals surface area contributed by atoms with Crippen LogP contribution in [0.4, 0.5) is 0 Å². The first-order valence-electron chi connectivity index (χ1n) is 6.55. The van der Waals surface area contributed by atoms with Gasteiger partial charge in [0, 0.05) is 11.9 Å². The standard InChI is InChI=1S/C16H17NO2/c1-11(17-8-9-18)16-10-14-13-5-3-2-4-12(13)6-7-15(14)19-16/h2-7,10-11,17-18H,8-9H2,1H3. The summed E-state index contributed by atoms with van der Waals surface area (Å²) in [6.07, 6.45) is 0. The first-order valence-corrected chi connectivity index (χ1v) is 6.55. The molecule has 3 rings (SSSR count). The minimum atomic E-state index is 0.0957. The van der Waals surface area contributed by atoms with Crippen LogP contribution in [-0.2, 0) is 0 Å². The molecule has 2 N–H and O–H groups in total. The molecule has 0 saturated heterocycles. The van der Waals surface area contributed by atoms with Gasteiger partial charge in [-0.2, -0.15) is 0 Å². The summed E-state index contributed by atoms with van der Waals surface area (Å²) in [7, 11) is 0. The summed E-state index contributed by atoms with van der Waals surface area (Å²) in [5.74, 6) is 0.903. The Kier molecular flexibility index (Phi) is 3.23. The number of hydrogen-bond acceptors (Lipinski definition) is 3. The molecule has 0 aliphatic carbocycles. The average molecular weight is 255 g/mol. The predicted molar refractivity (Wildman–Crippen MR) is 77.2 cm³/mol. The van der Waals surface area contributed by atoms with E-state index in [-0.39, 0.29) is 12.6 Å². The lowest BCUT2D eigenvalue weighted by molar-refractivity contribution is 0.282. The number of hydrogen-bond donors (Lipinski definition) is 2. The van der Waals surface area contributed by atoms with Gasteiger partial charge in [-0.1, -0.05) is 30.3 Å². The highest BCUT2D eigenvalue weighted by atomic mass is 16.3. The van der Waals surface area contributed by atoms with Crippen LogP contribution >= 0.6 is 0 Å². The van der Waals surface area contributed by atoms with Crippen LogP contribution in [0.5, 0.6) is 0 Å². The van der Waals surface area contributed by atoms with E-state index >= 15 is 0 Å². The number of aliphatic hydroxyl groups is 1. The number of nitrogens with one attached hydrogen (secondary N) is 1. The van der Waals surface area contributed by atoms with Gasteiger partial charge in [-0.25, -0.2) is 0 Å². The highest BCUT2D eigenvalue weighted by Crippen LogP contribution is 2.30. The van der Waals surface area contributed by atoms with Gasteiger partial charge < -0.3 is 14.8 Å². The Morgan fingerprint density at radius 2 is 2.00 bits per heavy atom. The molecular weight excluding hydrogens is 238 g/mol. The lowest BCUT2D eigenvalue weighted by atomic mass is 10.1. The smallest absolute Gasteiger partial charge is 0.135 e. The van der Waals surface area contributed by atoms with Gasteiger partial charge in [-0.3, -0.25) is 0 Å². The van der Waals surface area contributed by atoms with Crippen LogP contribution in [0.1, 0.15) is 18.7 Å². The predicted octanol–water partition coefficient (Wildman–Crippen LogP) is 3.23. The van der Waals surface area contributed by atoms with Crippen LogP contribution in [0, 0.1) is 0 Å². The van der Waals surface area contributed by atoms with Crippen molar-refractivity contribution in [2.24, 2.45) is 0 Å². The van der Waals surface area contributed by atoms with E-state index in [0.717, 1.165) is 16.7 Å². The van der Waals surface area contributed by atoms with Crippen molar-refractivity contribution >= 4 is 21.7 Å². The van der Waals surface area contributed by atoms with Crippen LogP contribution < -0.4 is 5.32 Å². The monoisotopic (exact) mass is 255 g/mol. The van der Waals surface area contributed by atoms with Crippen LogP contribution in [0.15, 0.2) is 46.9 Å². The molecule has 1 aromatic heterocycles. The summed E-state index contributed by atoms with van der Waals surface area (Å²) in [5, 5.41) is 15.6. The molecule has 1 heterocycles. The average Bonchev–Trinajstić information content (AvgIpc) is 2.89. The lowest BCUT2D eigenvalue weighted by Crippen LogP contribution is -2.21. The second-order valence-electron chi connectivity index (χ2n) is 4.75. The topological polar surface area (TPSA) is 45.4 Å². The Morgan fingerprint density at radius 3 is 2.84 bits per heavy atom. The van der Waals surface area contributed by atoms with Crippen molar-refractivity contribution < 1.29 is 9.52 Å². The normalized spacial score (nSPS) is 13.2. The lowest BCUT2D eigenvalue weighted by Gasteiger charge is -2.08. The SMILES string of the molecule is CC(NCCO)c1cc2c(ccc3ccccc32)o1. The highest BCUT2D eigenvalue weighted by molar-refractivity contribution is 6.05. The maximum atomic E-state index is 8.85. The first-order chi connectivity index (χ1) is 9.29. The summed E-state index contributed by atoms with van der Waals surface area (Å²) in [6, 6.07) is 14.6. The fourth-order valence-corrected chi connectivity index (χ4v) is 2.41. The molecule has 3 heteroatoms. The molecule has 0 saturated carbocycles. The second kappa shape index (κ2) is 5.03. The quantitative estimate of drug-likeness (QED) is 0.752. The van der Waals surface area contributed by atoms with Gasteiger partial charge in [0.25, 0.3) is 0 Å². The van der Waals surface area contributed by atoms with E-state index in [2.05, 4.69) is 29.6 Å². The van der Waals surface area contributed by atoms with Crippen LogP contribution in [0.3, 0.4) is 0 Å². The Hall–Kier alpha value is -1.84. The van der Waals surface area contributed by atoms with Gasteiger partial charge in [0.15, 0.2) is 0 Å². The molecule has 0 bridgehead atoms. The van der Waals surface area contributed by atoms with Crippen molar-refractivity contribution in [1.82, 2.24) is 5.32 Å². The van der Waals surface area contributed by atoms with E-state index in [1.165, 1.54) is 10.8 Å². The highest BCUT2D eigenvalue weighted by Gasteiger charge is 2.12. The summed E-state index contributed by atoms with van der Waals surface area (Å²) in [4.78, 5) is 0. The molecule has 0 fully saturated rings. The van der Waals surface area contributed by atoms with Gasteiger partial charge >= 0.3 is 0 Å². The summed E-state index contributed by atoms with van der Waals surface area (Å²) in [6.45, 7) is 2.74. The van der Waals surface area contributed by atoms with E-state index in [4.69, 9.17) is 9.52 Å². The molecule has 19 heavy (non-hydrogen) atoms. The van der Waals surface area contributed by atoms with Crippen molar-refractivity contribution in [3.8, 4) is 0 Å². The number of aliphatic hydroxyl groups excluding tert-OH is 1. The third kappa shape index (κ3) is 2.23. The van der Waals surface area contributed by atoms with Crippen molar-refractivity contribution in [2.75, 3.05) is 13.2 Å². The van der Waals surface area contributed by atoms with Crippen molar-refractivity contribution in [2.45, 2.75) is 13.0 Å². The molecule has 98 valence electrons. The molecule has 0 spiro atoms. The third-order valence-corrected chi connectivity index (χ3v) is 3.43. The number of rotatable bonds is 4. The number of fused-ring (bicyclic) bond motifs is 3. The van der Waals surface area contributed by atoms with Crippen molar-refractivity contribution in [1.29, 1.82) is 0 Å². The molecule has 0 amide bonds. The van der Waals surface area contributed by atoms with Gasteiger partial charge in [0.05, 0.1) is 12.6 Å². The third-order valence-electron chi connectivity index (χ3n) is 3.43. The zero-order valence-electron chi connectivity index (χ0n) is 10.9. The molecule has 2 aromatic carbocycles. The Bertz CT molecular complexity index is 702. The van der Waals surface area contributed by atoms with Crippen molar-refractivity contribution in [3.05, 3.63) is 48.2 Å². The molecule has 1 atom stereocenters. The Labute approximate surface area is 111 Å². The Balaban J connectivity index is 2.07. The molecule has 1 unspecified atom stereocenters. The molecular formula is C16H17NO2. The van der Waals surface area contributed by atoms with Gasteiger partial charge in [0.2, 0.25) is 0 Å². The maximum absolute atomic E-state index is 8.85. The van der Waals surface area contributed by atoms with Gasteiger partial charge in [-0.15, -0.1) is 0 Å². The molecule has 3 aromatic rings. The second-order valence-corrected chi connectivity index (χ2v) is 4.75. The zero-order chi connectivity index (χ0) is 13.2. The summed E-state index contributed by atoms with van der Waals surface area (Å²) >= 11 is 0. The maximum Gasteiger partial charge on any atom is 0.135 e.